The zero-order chi connectivity index (χ0) is 25.5. The van der Waals surface area contributed by atoms with E-state index in [9.17, 15) is 9.59 Å². The number of anilines is 4. The SMILES string of the molecule is COc1cc(NC(=O)Nc2cc(NC(=O)c3cccc(C)c3)ccc2N2CCCCC2)cc(OC)c1. The Kier molecular flexibility index (Phi) is 7.95. The molecule has 0 atom stereocenters. The monoisotopic (exact) mass is 488 g/mol. The lowest BCUT2D eigenvalue weighted by atomic mass is 10.1. The van der Waals surface area contributed by atoms with Crippen molar-refractivity contribution in [1.29, 1.82) is 0 Å². The van der Waals surface area contributed by atoms with Crippen molar-refractivity contribution in [1.82, 2.24) is 0 Å². The van der Waals surface area contributed by atoms with Gasteiger partial charge < -0.3 is 30.3 Å². The Hall–Kier alpha value is -4.20. The average molecular weight is 489 g/mol. The molecule has 0 aromatic heterocycles. The highest BCUT2D eigenvalue weighted by Crippen LogP contribution is 2.32. The normalized spacial score (nSPS) is 13.0. The third-order valence-electron chi connectivity index (χ3n) is 6.09. The Morgan fingerprint density at radius 3 is 2.17 bits per heavy atom. The molecule has 0 spiro atoms. The first-order valence-corrected chi connectivity index (χ1v) is 12.0. The van der Waals surface area contributed by atoms with E-state index >= 15 is 0 Å². The van der Waals surface area contributed by atoms with Crippen LogP contribution in [-0.2, 0) is 0 Å². The molecule has 3 aromatic rings. The number of methoxy groups -OCH3 is 2. The number of nitrogens with zero attached hydrogens (tertiary/aromatic N) is 1. The summed E-state index contributed by atoms with van der Waals surface area (Å²) in [6.07, 6.45) is 3.39. The van der Waals surface area contributed by atoms with Gasteiger partial charge in [0, 0.05) is 48.2 Å². The molecule has 8 nitrogen and oxygen atoms in total. The van der Waals surface area contributed by atoms with Gasteiger partial charge in [-0.1, -0.05) is 17.7 Å². The van der Waals surface area contributed by atoms with E-state index < -0.39 is 6.03 Å². The van der Waals surface area contributed by atoms with Gasteiger partial charge in [0.05, 0.1) is 25.6 Å². The molecule has 188 valence electrons. The summed E-state index contributed by atoms with van der Waals surface area (Å²) in [6.45, 7) is 3.78. The maximum Gasteiger partial charge on any atom is 0.323 e. The molecular formula is C28H32N4O4. The Balaban J connectivity index is 1.57. The van der Waals surface area contributed by atoms with E-state index in [-0.39, 0.29) is 5.91 Å². The van der Waals surface area contributed by atoms with Gasteiger partial charge in [0.15, 0.2) is 0 Å². The first-order valence-electron chi connectivity index (χ1n) is 12.0. The average Bonchev–Trinajstić information content (AvgIpc) is 2.89. The molecule has 3 N–H and O–H groups in total. The number of ether oxygens (including phenoxy) is 2. The number of hydrogen-bond donors (Lipinski definition) is 3. The fourth-order valence-electron chi connectivity index (χ4n) is 4.28. The van der Waals surface area contributed by atoms with Crippen molar-refractivity contribution >= 4 is 34.7 Å². The summed E-state index contributed by atoms with van der Waals surface area (Å²) in [6, 6.07) is 17.8. The van der Waals surface area contributed by atoms with E-state index in [0.29, 0.717) is 34.1 Å². The highest BCUT2D eigenvalue weighted by Gasteiger charge is 2.18. The second kappa shape index (κ2) is 11.5. The minimum Gasteiger partial charge on any atom is -0.497 e. The molecule has 0 bridgehead atoms. The van der Waals surface area contributed by atoms with Crippen LogP contribution in [0.1, 0.15) is 35.2 Å². The Bertz CT molecular complexity index is 1220. The lowest BCUT2D eigenvalue weighted by Crippen LogP contribution is -2.31. The minimum absolute atomic E-state index is 0.205. The van der Waals surface area contributed by atoms with Gasteiger partial charge in [-0.15, -0.1) is 0 Å². The van der Waals surface area contributed by atoms with E-state index in [4.69, 9.17) is 9.47 Å². The molecule has 1 aliphatic heterocycles. The highest BCUT2D eigenvalue weighted by molar-refractivity contribution is 6.06. The van der Waals surface area contributed by atoms with Gasteiger partial charge in [-0.2, -0.15) is 0 Å². The molecule has 0 unspecified atom stereocenters. The van der Waals surface area contributed by atoms with Crippen LogP contribution >= 0.6 is 0 Å². The van der Waals surface area contributed by atoms with Crippen LogP contribution in [0.3, 0.4) is 0 Å². The minimum atomic E-state index is -0.411. The standard InChI is InChI=1S/C28H32N4O4/c1-19-8-7-9-20(14-19)27(33)29-21-10-11-26(32-12-5-4-6-13-32)25(17-21)31-28(34)30-22-15-23(35-2)18-24(16-22)36-3/h7-11,14-18H,4-6,12-13H2,1-3H3,(H,29,33)(H2,30,31,34). The van der Waals surface area contributed by atoms with E-state index in [1.54, 1.807) is 44.6 Å². The maximum atomic E-state index is 13.0. The molecule has 3 amide bonds. The number of carbonyl (C=O) groups excluding carboxylic acids is 2. The van der Waals surface area contributed by atoms with Gasteiger partial charge in [-0.05, 0) is 56.5 Å². The zero-order valence-corrected chi connectivity index (χ0v) is 20.9. The van der Waals surface area contributed by atoms with Crippen molar-refractivity contribution in [2.45, 2.75) is 26.2 Å². The fraction of sp³-hybridized carbons (Fsp3) is 0.286. The Morgan fingerprint density at radius 2 is 1.50 bits per heavy atom. The van der Waals surface area contributed by atoms with E-state index in [0.717, 1.165) is 37.2 Å². The molecule has 1 aliphatic rings. The number of urea groups is 1. The van der Waals surface area contributed by atoms with Crippen LogP contribution in [0.5, 0.6) is 11.5 Å². The zero-order valence-electron chi connectivity index (χ0n) is 20.9. The van der Waals surface area contributed by atoms with E-state index in [1.807, 2.05) is 37.3 Å². The van der Waals surface area contributed by atoms with E-state index in [2.05, 4.69) is 20.9 Å². The number of aryl methyl sites for hydroxylation is 1. The van der Waals surface area contributed by atoms with Gasteiger partial charge in [0.25, 0.3) is 5.91 Å². The summed E-state index contributed by atoms with van der Waals surface area (Å²) < 4.78 is 10.6. The van der Waals surface area contributed by atoms with Crippen molar-refractivity contribution in [2.75, 3.05) is 48.2 Å². The van der Waals surface area contributed by atoms with Crippen LogP contribution in [0.4, 0.5) is 27.5 Å². The van der Waals surface area contributed by atoms with Crippen LogP contribution in [0.15, 0.2) is 60.7 Å². The summed E-state index contributed by atoms with van der Waals surface area (Å²) >= 11 is 0. The Morgan fingerprint density at radius 1 is 0.778 bits per heavy atom. The lowest BCUT2D eigenvalue weighted by molar-refractivity contribution is 0.102. The molecular weight excluding hydrogens is 456 g/mol. The van der Waals surface area contributed by atoms with Crippen molar-refractivity contribution < 1.29 is 19.1 Å². The number of carbonyl (C=O) groups is 2. The van der Waals surface area contributed by atoms with Gasteiger partial charge in [-0.3, -0.25) is 4.79 Å². The summed E-state index contributed by atoms with van der Waals surface area (Å²) in [5, 5.41) is 8.76. The summed E-state index contributed by atoms with van der Waals surface area (Å²) in [7, 11) is 3.11. The molecule has 1 fully saturated rings. The van der Waals surface area contributed by atoms with Crippen LogP contribution in [-0.4, -0.2) is 39.2 Å². The molecule has 3 aromatic carbocycles. The maximum absolute atomic E-state index is 13.0. The number of hydrogen-bond acceptors (Lipinski definition) is 5. The third kappa shape index (κ3) is 6.27. The number of rotatable bonds is 7. The predicted octanol–water partition coefficient (Wildman–Crippen LogP) is 5.90. The first kappa shape index (κ1) is 24.9. The molecule has 1 saturated heterocycles. The smallest absolute Gasteiger partial charge is 0.323 e. The molecule has 0 radical (unpaired) electrons. The Labute approximate surface area is 211 Å². The molecule has 36 heavy (non-hydrogen) atoms. The summed E-state index contributed by atoms with van der Waals surface area (Å²) in [4.78, 5) is 28.1. The van der Waals surface area contributed by atoms with Gasteiger partial charge in [0.1, 0.15) is 11.5 Å². The number of nitrogens with one attached hydrogen (secondary N) is 3. The van der Waals surface area contributed by atoms with Crippen LogP contribution in [0.2, 0.25) is 0 Å². The second-order valence-electron chi connectivity index (χ2n) is 8.78. The van der Waals surface area contributed by atoms with Crippen LogP contribution < -0.4 is 30.3 Å². The molecule has 0 saturated carbocycles. The molecule has 1 heterocycles. The van der Waals surface area contributed by atoms with Crippen molar-refractivity contribution in [2.24, 2.45) is 0 Å². The molecule has 0 aliphatic carbocycles. The number of benzene rings is 3. The van der Waals surface area contributed by atoms with Crippen LogP contribution in [0, 0.1) is 6.92 Å². The molecule has 4 rings (SSSR count). The van der Waals surface area contributed by atoms with Gasteiger partial charge in [-0.25, -0.2) is 4.79 Å². The summed E-state index contributed by atoms with van der Waals surface area (Å²) in [5.41, 5.74) is 4.26. The van der Waals surface area contributed by atoms with Gasteiger partial charge in [0.2, 0.25) is 0 Å². The highest BCUT2D eigenvalue weighted by atomic mass is 16.5. The van der Waals surface area contributed by atoms with Crippen molar-refractivity contribution in [3.05, 3.63) is 71.8 Å². The van der Waals surface area contributed by atoms with Gasteiger partial charge >= 0.3 is 6.03 Å². The fourth-order valence-corrected chi connectivity index (χ4v) is 4.28. The largest absolute Gasteiger partial charge is 0.497 e. The van der Waals surface area contributed by atoms with Crippen molar-refractivity contribution in [3.63, 3.8) is 0 Å². The number of amides is 3. The first-order chi connectivity index (χ1) is 17.4. The third-order valence-corrected chi connectivity index (χ3v) is 6.09. The molecule has 8 heteroatoms. The van der Waals surface area contributed by atoms with Crippen LogP contribution in [0.25, 0.3) is 0 Å². The second-order valence-corrected chi connectivity index (χ2v) is 8.78. The summed E-state index contributed by atoms with van der Waals surface area (Å²) in [5.74, 6) is 0.933. The predicted molar refractivity (Wildman–Crippen MR) is 144 cm³/mol. The topological polar surface area (TPSA) is 91.9 Å². The lowest BCUT2D eigenvalue weighted by Gasteiger charge is -2.31. The quantitative estimate of drug-likeness (QED) is 0.385. The van der Waals surface area contributed by atoms with Crippen molar-refractivity contribution in [3.8, 4) is 11.5 Å². The van der Waals surface area contributed by atoms with E-state index in [1.165, 1.54) is 6.42 Å². The number of piperidine rings is 1.